The number of hydrogen-bond donors (Lipinski definition) is 0. The molecule has 0 heterocycles. The lowest BCUT2D eigenvalue weighted by Gasteiger charge is -2.26. The van der Waals surface area contributed by atoms with Gasteiger partial charge in [-0.05, 0) is 79.7 Å². The Kier molecular flexibility index (Phi) is 7.04. The lowest BCUT2D eigenvalue weighted by Crippen LogP contribution is -2.12. The van der Waals surface area contributed by atoms with Gasteiger partial charge in [-0.15, -0.1) is 6.58 Å². The zero-order valence-electron chi connectivity index (χ0n) is 16.6. The van der Waals surface area contributed by atoms with Crippen LogP contribution in [0.3, 0.4) is 0 Å². The summed E-state index contributed by atoms with van der Waals surface area (Å²) in [6, 6.07) is 11.7. The van der Waals surface area contributed by atoms with Crippen molar-refractivity contribution in [3.63, 3.8) is 0 Å². The van der Waals surface area contributed by atoms with E-state index in [0.29, 0.717) is 24.3 Å². The third kappa shape index (κ3) is 5.10. The van der Waals surface area contributed by atoms with E-state index in [0.717, 1.165) is 32.1 Å². The molecule has 1 saturated carbocycles. The van der Waals surface area contributed by atoms with E-state index < -0.39 is 11.6 Å². The van der Waals surface area contributed by atoms with Gasteiger partial charge in [-0.25, -0.2) is 8.78 Å². The highest BCUT2D eigenvalue weighted by atomic mass is 19.1. The Hall–Kier alpha value is -2.40. The molecule has 2 aromatic carbocycles. The molecule has 1 fully saturated rings. The Morgan fingerprint density at radius 1 is 1.00 bits per heavy atom. The Morgan fingerprint density at radius 3 is 2.21 bits per heavy atom. The average Bonchev–Trinajstić information content (AvgIpc) is 2.72. The van der Waals surface area contributed by atoms with Gasteiger partial charge in [0.2, 0.25) is 0 Å². The molecule has 0 atom stereocenters. The molecular weight excluding hydrogens is 350 g/mol. The number of hydrogen-bond acceptors (Lipinski definition) is 0. The fourth-order valence-electron chi connectivity index (χ4n) is 3.93. The standard InChI is InChI=1S/C26H28F2/c1-3-5-6-21-17-25(27)24(26(28)18-21)16-11-20-9-14-23(15-10-20)22-12-7-19(4-2)8-13-22/h3,7-8,12-13,17-18,20,23H,1,4-6,9-10,14-15H2,2H3. The minimum atomic E-state index is -0.559. The molecule has 2 heteroatoms. The molecule has 1 aliphatic carbocycles. The van der Waals surface area contributed by atoms with E-state index in [-0.39, 0.29) is 11.5 Å². The maximum atomic E-state index is 14.3. The molecule has 1 aliphatic rings. The van der Waals surface area contributed by atoms with E-state index >= 15 is 0 Å². The van der Waals surface area contributed by atoms with E-state index in [4.69, 9.17) is 0 Å². The van der Waals surface area contributed by atoms with E-state index in [2.05, 4.69) is 49.6 Å². The Morgan fingerprint density at radius 2 is 1.64 bits per heavy atom. The molecule has 0 aromatic heterocycles. The van der Waals surface area contributed by atoms with Crippen LogP contribution in [0.5, 0.6) is 0 Å². The number of aryl methyl sites for hydroxylation is 2. The largest absolute Gasteiger partial charge is 0.206 e. The second-order valence-corrected chi connectivity index (χ2v) is 7.67. The first kappa shape index (κ1) is 20.3. The number of allylic oxidation sites excluding steroid dienone is 1. The normalized spacial score (nSPS) is 19.0. The average molecular weight is 379 g/mol. The predicted octanol–water partition coefficient (Wildman–Crippen LogP) is 6.97. The van der Waals surface area contributed by atoms with Crippen molar-refractivity contribution >= 4 is 0 Å². The summed E-state index contributed by atoms with van der Waals surface area (Å²) in [5, 5.41) is 0. The van der Waals surface area contributed by atoms with Crippen molar-refractivity contribution in [3.8, 4) is 11.8 Å². The summed E-state index contributed by atoms with van der Waals surface area (Å²) in [6.45, 7) is 5.81. The van der Waals surface area contributed by atoms with Crippen molar-refractivity contribution in [1.29, 1.82) is 0 Å². The molecule has 28 heavy (non-hydrogen) atoms. The summed E-state index contributed by atoms with van der Waals surface area (Å²) in [5.74, 6) is 5.58. The molecule has 3 rings (SSSR count). The predicted molar refractivity (Wildman–Crippen MR) is 112 cm³/mol. The first-order valence-electron chi connectivity index (χ1n) is 10.3. The summed E-state index contributed by atoms with van der Waals surface area (Å²) in [5.41, 5.74) is 3.31. The highest BCUT2D eigenvalue weighted by Gasteiger charge is 2.21. The minimum Gasteiger partial charge on any atom is -0.206 e. The maximum Gasteiger partial charge on any atom is 0.142 e. The van der Waals surface area contributed by atoms with E-state index in [1.54, 1.807) is 6.08 Å². The zero-order valence-corrected chi connectivity index (χ0v) is 16.6. The quantitative estimate of drug-likeness (QED) is 0.389. The van der Waals surface area contributed by atoms with Gasteiger partial charge in [-0.1, -0.05) is 49.1 Å². The molecule has 0 nitrogen and oxygen atoms in total. The van der Waals surface area contributed by atoms with Gasteiger partial charge in [0.15, 0.2) is 0 Å². The van der Waals surface area contributed by atoms with Gasteiger partial charge in [-0.2, -0.15) is 0 Å². The van der Waals surface area contributed by atoms with E-state index in [9.17, 15) is 8.78 Å². The first-order chi connectivity index (χ1) is 13.6. The lowest BCUT2D eigenvalue weighted by atomic mass is 9.79. The maximum absolute atomic E-state index is 14.3. The molecule has 0 unspecified atom stereocenters. The second-order valence-electron chi connectivity index (χ2n) is 7.67. The van der Waals surface area contributed by atoms with Gasteiger partial charge >= 0.3 is 0 Å². The number of halogens is 2. The van der Waals surface area contributed by atoms with Crippen LogP contribution in [0.4, 0.5) is 8.78 Å². The zero-order chi connectivity index (χ0) is 19.9. The van der Waals surface area contributed by atoms with E-state index in [1.807, 2.05) is 0 Å². The van der Waals surface area contributed by atoms with Crippen molar-refractivity contribution in [3.05, 3.63) is 82.9 Å². The summed E-state index contributed by atoms with van der Waals surface area (Å²) in [6.07, 6.45) is 8.22. The fraction of sp³-hybridized carbons (Fsp3) is 0.385. The van der Waals surface area contributed by atoms with Crippen LogP contribution in [0.1, 0.15) is 67.2 Å². The van der Waals surface area contributed by atoms with Gasteiger partial charge in [0, 0.05) is 5.92 Å². The molecular formula is C26H28F2. The summed E-state index contributed by atoms with van der Waals surface area (Å²) in [4.78, 5) is 0. The Labute approximate surface area is 167 Å². The molecule has 146 valence electrons. The van der Waals surface area contributed by atoms with Crippen LogP contribution in [-0.4, -0.2) is 0 Å². The van der Waals surface area contributed by atoms with Gasteiger partial charge in [0.05, 0.1) is 5.56 Å². The van der Waals surface area contributed by atoms with Crippen molar-refractivity contribution in [2.45, 2.75) is 57.8 Å². The number of rotatable bonds is 5. The highest BCUT2D eigenvalue weighted by molar-refractivity contribution is 5.40. The third-order valence-electron chi connectivity index (χ3n) is 5.73. The van der Waals surface area contributed by atoms with Crippen LogP contribution in [0, 0.1) is 29.4 Å². The third-order valence-corrected chi connectivity index (χ3v) is 5.73. The molecule has 0 aliphatic heterocycles. The fourth-order valence-corrected chi connectivity index (χ4v) is 3.93. The van der Waals surface area contributed by atoms with Crippen molar-refractivity contribution in [2.24, 2.45) is 5.92 Å². The summed E-state index contributed by atoms with van der Waals surface area (Å²) >= 11 is 0. The van der Waals surface area contributed by atoms with Crippen LogP contribution in [0.25, 0.3) is 0 Å². The molecule has 0 saturated heterocycles. The topological polar surface area (TPSA) is 0 Å². The van der Waals surface area contributed by atoms with Crippen LogP contribution in [-0.2, 0) is 12.8 Å². The molecule has 0 amide bonds. The molecule has 0 radical (unpaired) electrons. The van der Waals surface area contributed by atoms with Gasteiger partial charge in [0.1, 0.15) is 11.6 Å². The Balaban J connectivity index is 1.62. The Bertz CT molecular complexity index is 837. The van der Waals surface area contributed by atoms with Crippen molar-refractivity contribution < 1.29 is 8.78 Å². The SMILES string of the molecule is C=CCCc1cc(F)c(C#CC2CCC(c3ccc(CC)cc3)CC2)c(F)c1. The van der Waals surface area contributed by atoms with E-state index in [1.165, 1.54) is 23.3 Å². The van der Waals surface area contributed by atoms with Crippen LogP contribution >= 0.6 is 0 Å². The van der Waals surface area contributed by atoms with Crippen LogP contribution in [0.15, 0.2) is 49.1 Å². The molecule has 0 N–H and O–H groups in total. The monoisotopic (exact) mass is 378 g/mol. The summed E-state index contributed by atoms with van der Waals surface area (Å²) in [7, 11) is 0. The smallest absolute Gasteiger partial charge is 0.142 e. The second kappa shape index (κ2) is 9.69. The highest BCUT2D eigenvalue weighted by Crippen LogP contribution is 2.35. The lowest BCUT2D eigenvalue weighted by molar-refractivity contribution is 0.384. The molecule has 0 bridgehead atoms. The molecule has 2 aromatic rings. The minimum absolute atomic E-state index is 0.0976. The van der Waals surface area contributed by atoms with Gasteiger partial charge in [0.25, 0.3) is 0 Å². The van der Waals surface area contributed by atoms with Crippen molar-refractivity contribution in [1.82, 2.24) is 0 Å². The van der Waals surface area contributed by atoms with Gasteiger partial charge < -0.3 is 0 Å². The molecule has 0 spiro atoms. The first-order valence-corrected chi connectivity index (χ1v) is 10.3. The number of benzene rings is 2. The van der Waals surface area contributed by atoms with Crippen molar-refractivity contribution in [2.75, 3.05) is 0 Å². The van der Waals surface area contributed by atoms with Crippen LogP contribution in [0.2, 0.25) is 0 Å². The van der Waals surface area contributed by atoms with Gasteiger partial charge in [-0.3, -0.25) is 0 Å². The summed E-state index contributed by atoms with van der Waals surface area (Å²) < 4.78 is 28.5. The van der Waals surface area contributed by atoms with Crippen LogP contribution < -0.4 is 0 Å².